The van der Waals surface area contributed by atoms with Gasteiger partial charge in [-0.2, -0.15) is 0 Å². The fourth-order valence-electron chi connectivity index (χ4n) is 2.33. The van der Waals surface area contributed by atoms with Gasteiger partial charge in [0.2, 0.25) is 5.91 Å². The molecule has 0 bridgehead atoms. The van der Waals surface area contributed by atoms with E-state index in [0.717, 1.165) is 45.0 Å². The van der Waals surface area contributed by atoms with Crippen LogP contribution in [0.25, 0.3) is 0 Å². The lowest BCUT2D eigenvalue weighted by molar-refractivity contribution is -0.116. The van der Waals surface area contributed by atoms with E-state index in [2.05, 4.69) is 27.7 Å². The molecule has 0 unspecified atom stereocenters. The summed E-state index contributed by atoms with van der Waals surface area (Å²) in [6.45, 7) is 5.51. The molecule has 0 atom stereocenters. The summed E-state index contributed by atoms with van der Waals surface area (Å²) >= 11 is 0. The first-order valence-electron chi connectivity index (χ1n) is 7.61. The average Bonchev–Trinajstić information content (AvgIpc) is 2.53. The normalized spacial score (nSPS) is 15.9. The van der Waals surface area contributed by atoms with Crippen molar-refractivity contribution < 1.29 is 9.53 Å². The highest BCUT2D eigenvalue weighted by Gasteiger charge is 2.09. The number of carbonyl (C=O) groups excluding carboxylic acids is 1. The molecule has 5 nitrogen and oxygen atoms in total. The van der Waals surface area contributed by atoms with E-state index < -0.39 is 0 Å². The van der Waals surface area contributed by atoms with Gasteiger partial charge in [0.15, 0.2) is 0 Å². The Bertz CT molecular complexity index is 428. The maximum absolute atomic E-state index is 11.6. The van der Waals surface area contributed by atoms with Gasteiger partial charge in [-0.05, 0) is 31.2 Å². The fraction of sp³-hybridized carbons (Fsp3) is 0.562. The predicted molar refractivity (Wildman–Crippen MR) is 84.6 cm³/mol. The number of carbonyl (C=O) groups is 1. The largest absolute Gasteiger partial charge is 0.379 e. The Balaban J connectivity index is 1.74. The Morgan fingerprint density at radius 2 is 1.95 bits per heavy atom. The number of nitrogens with zero attached hydrogens (tertiary/aromatic N) is 1. The number of hydrogen-bond donors (Lipinski definition) is 2. The Morgan fingerprint density at radius 3 is 2.62 bits per heavy atom. The summed E-state index contributed by atoms with van der Waals surface area (Å²) in [4.78, 5) is 14.0. The summed E-state index contributed by atoms with van der Waals surface area (Å²) in [5.41, 5.74) is 2.17. The molecule has 1 amide bonds. The van der Waals surface area contributed by atoms with Crippen LogP contribution < -0.4 is 10.6 Å². The quantitative estimate of drug-likeness (QED) is 0.790. The highest BCUT2D eigenvalue weighted by Crippen LogP contribution is 2.11. The number of anilines is 1. The zero-order valence-corrected chi connectivity index (χ0v) is 12.7. The van der Waals surface area contributed by atoms with E-state index in [4.69, 9.17) is 4.74 Å². The molecule has 1 saturated heterocycles. The molecule has 0 saturated carbocycles. The first-order chi connectivity index (χ1) is 10.3. The summed E-state index contributed by atoms with van der Waals surface area (Å²) in [6, 6.07) is 8.14. The van der Waals surface area contributed by atoms with Gasteiger partial charge in [0.05, 0.1) is 13.2 Å². The minimum atomic E-state index is 0.0467. The lowest BCUT2D eigenvalue weighted by Crippen LogP contribution is -2.37. The summed E-state index contributed by atoms with van der Waals surface area (Å²) in [7, 11) is 1.84. The number of hydrogen-bond acceptors (Lipinski definition) is 4. The molecule has 0 aliphatic carbocycles. The van der Waals surface area contributed by atoms with Crippen LogP contribution >= 0.6 is 0 Å². The molecule has 1 heterocycles. The zero-order chi connectivity index (χ0) is 14.9. The second-order valence-corrected chi connectivity index (χ2v) is 5.30. The topological polar surface area (TPSA) is 53.6 Å². The van der Waals surface area contributed by atoms with E-state index >= 15 is 0 Å². The molecule has 1 aliphatic rings. The van der Waals surface area contributed by atoms with Crippen molar-refractivity contribution in [3.63, 3.8) is 0 Å². The van der Waals surface area contributed by atoms with Gasteiger partial charge in [-0.15, -0.1) is 0 Å². The van der Waals surface area contributed by atoms with E-state index in [-0.39, 0.29) is 5.91 Å². The zero-order valence-electron chi connectivity index (χ0n) is 12.7. The molecule has 0 spiro atoms. The van der Waals surface area contributed by atoms with Crippen LogP contribution in [0.3, 0.4) is 0 Å². The molecule has 116 valence electrons. The van der Waals surface area contributed by atoms with Crippen LogP contribution in [0.4, 0.5) is 5.69 Å². The molecular weight excluding hydrogens is 266 g/mol. The van der Waals surface area contributed by atoms with Gasteiger partial charge in [-0.25, -0.2) is 0 Å². The lowest BCUT2D eigenvalue weighted by atomic mass is 10.1. The van der Waals surface area contributed by atoms with Crippen molar-refractivity contribution in [1.29, 1.82) is 0 Å². The highest BCUT2D eigenvalue weighted by atomic mass is 16.5. The molecule has 1 aromatic carbocycles. The average molecular weight is 291 g/mol. The first kappa shape index (κ1) is 15.9. The van der Waals surface area contributed by atoms with Crippen molar-refractivity contribution in [2.24, 2.45) is 0 Å². The van der Waals surface area contributed by atoms with E-state index in [1.165, 1.54) is 5.56 Å². The number of nitrogens with one attached hydrogen (secondary N) is 2. The van der Waals surface area contributed by atoms with Crippen LogP contribution in [0.1, 0.15) is 12.0 Å². The smallest absolute Gasteiger partial charge is 0.225 e. The van der Waals surface area contributed by atoms with Crippen molar-refractivity contribution in [1.82, 2.24) is 10.2 Å². The van der Waals surface area contributed by atoms with Crippen molar-refractivity contribution in [2.75, 3.05) is 51.8 Å². The molecule has 1 aromatic rings. The summed E-state index contributed by atoms with van der Waals surface area (Å²) < 4.78 is 5.35. The van der Waals surface area contributed by atoms with E-state index in [0.29, 0.717) is 13.0 Å². The van der Waals surface area contributed by atoms with Crippen LogP contribution in [-0.2, 0) is 16.0 Å². The minimum absolute atomic E-state index is 0.0467. The third-order valence-electron chi connectivity index (χ3n) is 3.66. The summed E-state index contributed by atoms with van der Waals surface area (Å²) in [6.07, 6.45) is 1.53. The number of rotatable bonds is 7. The lowest BCUT2D eigenvalue weighted by Gasteiger charge is -2.26. The summed E-state index contributed by atoms with van der Waals surface area (Å²) in [5, 5.41) is 5.87. The van der Waals surface area contributed by atoms with Crippen LogP contribution in [0.5, 0.6) is 0 Å². The monoisotopic (exact) mass is 291 g/mol. The van der Waals surface area contributed by atoms with Gasteiger partial charge in [0, 0.05) is 38.3 Å². The minimum Gasteiger partial charge on any atom is -0.379 e. The third kappa shape index (κ3) is 5.83. The maximum atomic E-state index is 11.6. The van der Waals surface area contributed by atoms with Gasteiger partial charge in [0.25, 0.3) is 0 Å². The van der Waals surface area contributed by atoms with Crippen LogP contribution in [-0.4, -0.2) is 57.2 Å². The molecule has 21 heavy (non-hydrogen) atoms. The van der Waals surface area contributed by atoms with Gasteiger partial charge >= 0.3 is 0 Å². The number of amides is 1. The maximum Gasteiger partial charge on any atom is 0.225 e. The number of morpholine rings is 1. The van der Waals surface area contributed by atoms with Crippen molar-refractivity contribution >= 4 is 11.6 Å². The second kappa shape index (κ2) is 8.77. The van der Waals surface area contributed by atoms with E-state index in [1.807, 2.05) is 19.2 Å². The van der Waals surface area contributed by atoms with Gasteiger partial charge in [-0.3, -0.25) is 9.69 Å². The second-order valence-electron chi connectivity index (χ2n) is 5.30. The molecule has 0 aromatic heterocycles. The Hall–Kier alpha value is -1.43. The molecular formula is C16H25N3O2. The fourth-order valence-corrected chi connectivity index (χ4v) is 2.33. The van der Waals surface area contributed by atoms with E-state index in [9.17, 15) is 4.79 Å². The summed E-state index contributed by atoms with van der Waals surface area (Å²) in [5.74, 6) is 0.0467. The van der Waals surface area contributed by atoms with E-state index in [1.54, 1.807) is 0 Å². The SMILES string of the molecule is CNCCC(=O)Nc1ccc(CCN2CCOCC2)cc1. The van der Waals surface area contributed by atoms with Crippen LogP contribution in [0, 0.1) is 0 Å². The van der Waals surface area contributed by atoms with Crippen molar-refractivity contribution in [2.45, 2.75) is 12.8 Å². The molecule has 0 radical (unpaired) electrons. The number of benzene rings is 1. The molecule has 1 aliphatic heterocycles. The van der Waals surface area contributed by atoms with Crippen LogP contribution in [0.15, 0.2) is 24.3 Å². The molecule has 2 N–H and O–H groups in total. The predicted octanol–water partition coefficient (Wildman–Crippen LogP) is 1.11. The Morgan fingerprint density at radius 1 is 1.24 bits per heavy atom. The number of ether oxygens (including phenoxy) is 1. The molecule has 5 heteroatoms. The van der Waals surface area contributed by atoms with Gasteiger partial charge in [0.1, 0.15) is 0 Å². The Labute approximate surface area is 126 Å². The van der Waals surface area contributed by atoms with Crippen LogP contribution in [0.2, 0.25) is 0 Å². The highest BCUT2D eigenvalue weighted by molar-refractivity contribution is 5.90. The third-order valence-corrected chi connectivity index (χ3v) is 3.66. The van der Waals surface area contributed by atoms with Crippen molar-refractivity contribution in [3.8, 4) is 0 Å². The molecule has 2 rings (SSSR count). The first-order valence-corrected chi connectivity index (χ1v) is 7.61. The standard InChI is InChI=1S/C16H25N3O2/c1-17-8-6-16(20)18-15-4-2-14(3-5-15)7-9-19-10-12-21-13-11-19/h2-5,17H,6-13H2,1H3,(H,18,20). The van der Waals surface area contributed by atoms with Gasteiger partial charge < -0.3 is 15.4 Å². The Kier molecular flexibility index (Phi) is 6.66. The van der Waals surface area contributed by atoms with Crippen molar-refractivity contribution in [3.05, 3.63) is 29.8 Å². The van der Waals surface area contributed by atoms with Gasteiger partial charge in [-0.1, -0.05) is 12.1 Å². The molecule has 1 fully saturated rings.